The second kappa shape index (κ2) is 5.68. The fourth-order valence-corrected chi connectivity index (χ4v) is 3.01. The highest BCUT2D eigenvalue weighted by Gasteiger charge is 2.30. The van der Waals surface area contributed by atoms with Crippen LogP contribution in [-0.4, -0.2) is 50.9 Å². The zero-order chi connectivity index (χ0) is 16.7. The van der Waals surface area contributed by atoms with Crippen molar-refractivity contribution in [2.75, 3.05) is 25.5 Å². The summed E-state index contributed by atoms with van der Waals surface area (Å²) in [5.74, 6) is 0.675. The van der Waals surface area contributed by atoms with E-state index in [1.165, 1.54) is 0 Å². The lowest BCUT2D eigenvalue weighted by Crippen LogP contribution is -2.49. The molecule has 1 saturated heterocycles. The lowest BCUT2D eigenvalue weighted by molar-refractivity contribution is -0.124. The summed E-state index contributed by atoms with van der Waals surface area (Å²) in [6.07, 6.45) is 3.52. The van der Waals surface area contributed by atoms with Crippen molar-refractivity contribution in [1.29, 1.82) is 0 Å². The normalized spacial score (nSPS) is 15.4. The van der Waals surface area contributed by atoms with Crippen LogP contribution in [0.25, 0.3) is 22.0 Å². The van der Waals surface area contributed by atoms with Crippen LogP contribution < -0.4 is 5.32 Å². The van der Waals surface area contributed by atoms with E-state index < -0.39 is 0 Å². The van der Waals surface area contributed by atoms with E-state index in [9.17, 15) is 4.79 Å². The molecule has 7 nitrogen and oxygen atoms in total. The molecule has 0 spiro atoms. The van der Waals surface area contributed by atoms with E-state index in [-0.39, 0.29) is 11.8 Å². The molecule has 4 rings (SSSR count). The van der Waals surface area contributed by atoms with E-state index in [0.29, 0.717) is 5.82 Å². The van der Waals surface area contributed by atoms with Crippen LogP contribution in [0.5, 0.6) is 0 Å². The fourth-order valence-electron chi connectivity index (χ4n) is 3.01. The number of carbonyl (C=O) groups is 1. The zero-order valence-electron chi connectivity index (χ0n) is 13.6. The predicted octanol–water partition coefficient (Wildman–Crippen LogP) is 1.53. The first kappa shape index (κ1) is 14.8. The number of amides is 1. The highest BCUT2D eigenvalue weighted by atomic mass is 16.2. The molecule has 0 saturated carbocycles. The first-order valence-electron chi connectivity index (χ1n) is 7.84. The summed E-state index contributed by atoms with van der Waals surface area (Å²) in [6, 6.07) is 7.99. The average molecular weight is 322 g/mol. The molecule has 3 aromatic rings. The summed E-state index contributed by atoms with van der Waals surface area (Å²) in [4.78, 5) is 18.6. The van der Waals surface area contributed by atoms with Gasteiger partial charge in [-0.05, 0) is 24.6 Å². The van der Waals surface area contributed by atoms with Gasteiger partial charge >= 0.3 is 0 Å². The minimum atomic E-state index is 0.0342. The minimum absolute atomic E-state index is 0.0342. The summed E-state index contributed by atoms with van der Waals surface area (Å²) >= 11 is 0. The van der Waals surface area contributed by atoms with Crippen LogP contribution in [0.3, 0.4) is 0 Å². The SMILES string of the molecule is CN1CC(C(=O)Nc2cc3cc(-c4cnnn4C)ccc3cn2)C1. The van der Waals surface area contributed by atoms with Crippen molar-refractivity contribution >= 4 is 22.5 Å². The number of likely N-dealkylation sites (tertiary alicyclic amines) is 1. The number of hydrogen-bond donors (Lipinski definition) is 1. The van der Waals surface area contributed by atoms with E-state index >= 15 is 0 Å². The maximum Gasteiger partial charge on any atom is 0.231 e. The standard InChI is InChI=1S/C17H18N6O/c1-22-9-14(10-22)17(24)20-16-6-13-5-11(3-4-12(13)7-18-16)15-8-19-21-23(15)2/h3-8,14H,9-10H2,1-2H3,(H,18,20,24). The number of hydrogen-bond acceptors (Lipinski definition) is 5. The van der Waals surface area contributed by atoms with Crippen molar-refractivity contribution < 1.29 is 4.79 Å². The van der Waals surface area contributed by atoms with E-state index in [2.05, 4.69) is 31.6 Å². The lowest BCUT2D eigenvalue weighted by Gasteiger charge is -2.34. The summed E-state index contributed by atoms with van der Waals surface area (Å²) in [6.45, 7) is 1.61. The van der Waals surface area contributed by atoms with Gasteiger partial charge in [0, 0.05) is 37.3 Å². The maximum atomic E-state index is 12.2. The summed E-state index contributed by atoms with van der Waals surface area (Å²) in [5, 5.41) is 12.8. The molecule has 1 N–H and O–H groups in total. The molecule has 0 atom stereocenters. The Morgan fingerprint density at radius 3 is 2.71 bits per heavy atom. The van der Waals surface area contributed by atoms with Gasteiger partial charge in [-0.2, -0.15) is 0 Å². The number of pyridine rings is 1. The number of nitrogens with zero attached hydrogens (tertiary/aromatic N) is 5. The van der Waals surface area contributed by atoms with Crippen molar-refractivity contribution in [1.82, 2.24) is 24.9 Å². The molecule has 0 bridgehead atoms. The molecule has 0 unspecified atom stereocenters. The number of anilines is 1. The monoisotopic (exact) mass is 322 g/mol. The molecule has 2 aromatic heterocycles. The third-order valence-electron chi connectivity index (χ3n) is 4.42. The van der Waals surface area contributed by atoms with Gasteiger partial charge in [-0.15, -0.1) is 5.10 Å². The van der Waals surface area contributed by atoms with Crippen molar-refractivity contribution in [2.24, 2.45) is 13.0 Å². The Morgan fingerprint density at radius 2 is 2.00 bits per heavy atom. The van der Waals surface area contributed by atoms with Crippen LogP contribution in [0, 0.1) is 5.92 Å². The van der Waals surface area contributed by atoms with Gasteiger partial charge in [0.05, 0.1) is 17.8 Å². The van der Waals surface area contributed by atoms with Crippen molar-refractivity contribution in [2.45, 2.75) is 0 Å². The van der Waals surface area contributed by atoms with Gasteiger partial charge in [0.15, 0.2) is 0 Å². The predicted molar refractivity (Wildman–Crippen MR) is 91.4 cm³/mol. The molecule has 1 amide bonds. The fraction of sp³-hybridized carbons (Fsp3) is 0.294. The topological polar surface area (TPSA) is 75.9 Å². The highest BCUT2D eigenvalue weighted by molar-refractivity contribution is 5.95. The second-order valence-electron chi connectivity index (χ2n) is 6.28. The Balaban J connectivity index is 1.62. The number of benzene rings is 1. The molecule has 0 radical (unpaired) electrons. The van der Waals surface area contributed by atoms with Gasteiger partial charge in [0.1, 0.15) is 5.82 Å². The Labute approximate surface area is 139 Å². The number of aryl methyl sites for hydroxylation is 1. The molecule has 122 valence electrons. The highest BCUT2D eigenvalue weighted by Crippen LogP contribution is 2.25. The van der Waals surface area contributed by atoms with Gasteiger partial charge in [-0.25, -0.2) is 9.67 Å². The van der Waals surface area contributed by atoms with Gasteiger partial charge < -0.3 is 10.2 Å². The van der Waals surface area contributed by atoms with E-state index in [1.807, 2.05) is 32.3 Å². The molecular formula is C17H18N6O. The molecule has 1 fully saturated rings. The third-order valence-corrected chi connectivity index (χ3v) is 4.42. The summed E-state index contributed by atoms with van der Waals surface area (Å²) in [5.41, 5.74) is 1.97. The molecule has 7 heteroatoms. The van der Waals surface area contributed by atoms with Crippen LogP contribution in [0.15, 0.2) is 36.7 Å². The number of nitrogens with one attached hydrogen (secondary N) is 1. The maximum absolute atomic E-state index is 12.2. The largest absolute Gasteiger partial charge is 0.310 e. The van der Waals surface area contributed by atoms with Crippen molar-refractivity contribution in [3.05, 3.63) is 36.7 Å². The average Bonchev–Trinajstić information content (AvgIpc) is 2.97. The molecule has 0 aliphatic carbocycles. The third kappa shape index (κ3) is 2.63. The van der Waals surface area contributed by atoms with Crippen molar-refractivity contribution in [3.63, 3.8) is 0 Å². The van der Waals surface area contributed by atoms with E-state index in [0.717, 1.165) is 35.1 Å². The quantitative estimate of drug-likeness (QED) is 0.791. The van der Waals surface area contributed by atoms with Crippen LogP contribution in [0.2, 0.25) is 0 Å². The smallest absolute Gasteiger partial charge is 0.231 e. The van der Waals surface area contributed by atoms with Gasteiger partial charge in [-0.1, -0.05) is 17.3 Å². The minimum Gasteiger partial charge on any atom is -0.310 e. The number of carbonyl (C=O) groups excluding carboxylic acids is 1. The van der Waals surface area contributed by atoms with Crippen LogP contribution in [0.1, 0.15) is 0 Å². The van der Waals surface area contributed by atoms with E-state index in [4.69, 9.17) is 0 Å². The van der Waals surface area contributed by atoms with Crippen molar-refractivity contribution in [3.8, 4) is 11.3 Å². The first-order chi connectivity index (χ1) is 11.6. The molecule has 1 aliphatic heterocycles. The number of aromatic nitrogens is 4. The molecule has 1 aromatic carbocycles. The Hall–Kier alpha value is -2.80. The Bertz CT molecular complexity index is 912. The number of fused-ring (bicyclic) bond motifs is 1. The van der Waals surface area contributed by atoms with Crippen LogP contribution in [0.4, 0.5) is 5.82 Å². The van der Waals surface area contributed by atoms with E-state index in [1.54, 1.807) is 17.1 Å². The summed E-state index contributed by atoms with van der Waals surface area (Å²) in [7, 11) is 3.87. The second-order valence-corrected chi connectivity index (χ2v) is 6.28. The molecule has 24 heavy (non-hydrogen) atoms. The zero-order valence-corrected chi connectivity index (χ0v) is 13.6. The Kier molecular flexibility index (Phi) is 3.50. The first-order valence-corrected chi connectivity index (χ1v) is 7.84. The van der Waals surface area contributed by atoms with Crippen LogP contribution >= 0.6 is 0 Å². The molecule has 3 heterocycles. The van der Waals surface area contributed by atoms with Gasteiger partial charge in [0.2, 0.25) is 5.91 Å². The lowest BCUT2D eigenvalue weighted by atomic mass is 10.0. The number of rotatable bonds is 3. The molecular weight excluding hydrogens is 304 g/mol. The van der Waals surface area contributed by atoms with Gasteiger partial charge in [-0.3, -0.25) is 4.79 Å². The summed E-state index contributed by atoms with van der Waals surface area (Å²) < 4.78 is 1.73. The molecule has 1 aliphatic rings. The Morgan fingerprint density at radius 1 is 1.17 bits per heavy atom. The van der Waals surface area contributed by atoms with Crippen LogP contribution in [-0.2, 0) is 11.8 Å². The van der Waals surface area contributed by atoms with Gasteiger partial charge in [0.25, 0.3) is 0 Å².